The SMILES string of the molecule is O=C(N[C@H](Cc1cc(Br)c(O)c(Br)c1)C(=O)N1CCC(N2CCCCC2)CC1)N1CCC(N2Cc3cnccc3NC2=O)CC1. The van der Waals surface area contributed by atoms with Gasteiger partial charge in [0.15, 0.2) is 0 Å². The standard InChI is InChI=1S/C32H41Br2N7O4/c33-25-16-21(17-26(34)29(25)42)18-28(30(43)39-12-5-23(6-13-39)38-10-2-1-3-11-38)37-31(44)40-14-7-24(8-15-40)41-20-22-19-35-9-4-27(22)36-32(41)45/h4,9,16-17,19,23-24,28,42H,1-3,5-8,10-15,18,20H2,(H,36,45)(H,37,44)/t28-/m1/s1. The average Bonchev–Trinajstić information content (AvgIpc) is 3.06. The number of rotatable bonds is 6. The van der Waals surface area contributed by atoms with Crippen molar-refractivity contribution in [3.8, 4) is 5.75 Å². The Balaban J connectivity index is 1.09. The summed E-state index contributed by atoms with van der Waals surface area (Å²) in [6.45, 7) is 5.11. The molecule has 4 aliphatic heterocycles. The Bertz CT molecular complexity index is 1380. The highest BCUT2D eigenvalue weighted by atomic mass is 79.9. The van der Waals surface area contributed by atoms with Crippen LogP contribution in [0.25, 0.3) is 0 Å². The van der Waals surface area contributed by atoms with Gasteiger partial charge in [-0.2, -0.15) is 0 Å². The van der Waals surface area contributed by atoms with Gasteiger partial charge in [0.25, 0.3) is 0 Å². The number of aromatic hydroxyl groups is 1. The van der Waals surface area contributed by atoms with Gasteiger partial charge in [-0.1, -0.05) is 6.42 Å². The van der Waals surface area contributed by atoms with Crippen LogP contribution in [0.1, 0.15) is 56.1 Å². The first-order valence-electron chi connectivity index (χ1n) is 16.0. The molecule has 1 atom stereocenters. The molecule has 0 bridgehead atoms. The van der Waals surface area contributed by atoms with E-state index in [9.17, 15) is 19.5 Å². The summed E-state index contributed by atoms with van der Waals surface area (Å²) in [4.78, 5) is 52.7. The number of fused-ring (bicyclic) bond motifs is 1. The van der Waals surface area contributed by atoms with Gasteiger partial charge in [0.2, 0.25) is 5.91 Å². The van der Waals surface area contributed by atoms with E-state index in [0.29, 0.717) is 67.0 Å². The molecule has 2 aromatic rings. The number of nitrogens with zero attached hydrogens (tertiary/aromatic N) is 5. The molecule has 3 saturated heterocycles. The summed E-state index contributed by atoms with van der Waals surface area (Å²) in [6, 6.07) is 4.76. The second kappa shape index (κ2) is 14.3. The van der Waals surface area contributed by atoms with Gasteiger partial charge in [0.05, 0.1) is 21.2 Å². The summed E-state index contributed by atoms with van der Waals surface area (Å²) in [6.07, 6.45) is 10.7. The molecule has 0 radical (unpaired) electrons. The van der Waals surface area contributed by atoms with Crippen molar-refractivity contribution < 1.29 is 19.5 Å². The fourth-order valence-electron chi connectivity index (χ4n) is 7.16. The summed E-state index contributed by atoms with van der Waals surface area (Å²) in [5, 5.41) is 16.2. The highest BCUT2D eigenvalue weighted by molar-refractivity contribution is 9.11. The number of hydrogen-bond acceptors (Lipinski definition) is 6. The molecule has 5 amide bonds. The number of likely N-dealkylation sites (tertiary alicyclic amines) is 3. The Morgan fingerprint density at radius 2 is 1.60 bits per heavy atom. The quantitative estimate of drug-likeness (QED) is 0.386. The summed E-state index contributed by atoms with van der Waals surface area (Å²) >= 11 is 6.80. The van der Waals surface area contributed by atoms with Crippen molar-refractivity contribution in [3.05, 3.63) is 50.7 Å². The molecule has 5 heterocycles. The Kier molecular flexibility index (Phi) is 10.2. The first kappa shape index (κ1) is 32.1. The zero-order chi connectivity index (χ0) is 31.5. The van der Waals surface area contributed by atoms with E-state index in [4.69, 9.17) is 0 Å². The fourth-order valence-corrected chi connectivity index (χ4v) is 8.44. The highest BCUT2D eigenvalue weighted by Gasteiger charge is 2.36. The first-order chi connectivity index (χ1) is 21.8. The molecule has 3 N–H and O–H groups in total. The van der Waals surface area contributed by atoms with Gasteiger partial charge in [-0.05, 0) is 107 Å². The zero-order valence-electron chi connectivity index (χ0n) is 25.4. The molecule has 11 nitrogen and oxygen atoms in total. The van der Waals surface area contributed by atoms with E-state index < -0.39 is 6.04 Å². The van der Waals surface area contributed by atoms with Crippen molar-refractivity contribution in [1.29, 1.82) is 0 Å². The molecule has 0 aliphatic carbocycles. The lowest BCUT2D eigenvalue weighted by molar-refractivity contribution is -0.134. The second-order valence-electron chi connectivity index (χ2n) is 12.6. The molecule has 45 heavy (non-hydrogen) atoms. The number of aromatic nitrogens is 1. The van der Waals surface area contributed by atoms with Crippen molar-refractivity contribution in [3.63, 3.8) is 0 Å². The number of urea groups is 2. The lowest BCUT2D eigenvalue weighted by Crippen LogP contribution is -2.57. The van der Waals surface area contributed by atoms with Crippen LogP contribution in [0.2, 0.25) is 0 Å². The zero-order valence-corrected chi connectivity index (χ0v) is 28.6. The van der Waals surface area contributed by atoms with Gasteiger partial charge in [-0.3, -0.25) is 9.78 Å². The van der Waals surface area contributed by atoms with Crippen LogP contribution >= 0.6 is 31.9 Å². The van der Waals surface area contributed by atoms with Crippen molar-refractivity contribution in [2.45, 2.75) is 76.0 Å². The van der Waals surface area contributed by atoms with Crippen LogP contribution in [-0.4, -0.2) is 105 Å². The van der Waals surface area contributed by atoms with E-state index in [0.717, 1.165) is 42.7 Å². The number of carbonyl (C=O) groups excluding carboxylic acids is 3. The Morgan fingerprint density at radius 3 is 2.29 bits per heavy atom. The number of phenolic OH excluding ortho intramolecular Hbond substituents is 1. The third-order valence-electron chi connectivity index (χ3n) is 9.73. The van der Waals surface area contributed by atoms with Gasteiger partial charge in [0, 0.05) is 62.6 Å². The molecule has 13 heteroatoms. The number of pyridine rings is 1. The number of hydrogen-bond donors (Lipinski definition) is 3. The minimum atomic E-state index is -0.748. The minimum Gasteiger partial charge on any atom is -0.506 e. The van der Waals surface area contributed by atoms with E-state index in [1.165, 1.54) is 19.3 Å². The van der Waals surface area contributed by atoms with Crippen molar-refractivity contribution in [2.75, 3.05) is 44.6 Å². The molecule has 0 saturated carbocycles. The lowest BCUT2D eigenvalue weighted by Gasteiger charge is -2.42. The normalized spacial score (nSPS) is 20.8. The van der Waals surface area contributed by atoms with E-state index in [1.807, 2.05) is 15.9 Å². The number of halogens is 2. The van der Waals surface area contributed by atoms with Crippen LogP contribution < -0.4 is 10.6 Å². The molecule has 0 unspecified atom stereocenters. The number of nitrogens with one attached hydrogen (secondary N) is 2. The molecule has 4 aliphatic rings. The molecular formula is C32H41Br2N7O4. The van der Waals surface area contributed by atoms with Gasteiger partial charge in [-0.25, -0.2) is 9.59 Å². The Morgan fingerprint density at radius 1 is 0.956 bits per heavy atom. The van der Waals surface area contributed by atoms with Gasteiger partial charge < -0.3 is 35.3 Å². The molecule has 6 rings (SSSR count). The summed E-state index contributed by atoms with van der Waals surface area (Å²) in [7, 11) is 0. The lowest BCUT2D eigenvalue weighted by atomic mass is 9.98. The number of benzene rings is 1. The molecule has 3 fully saturated rings. The fraction of sp³-hybridized carbons (Fsp3) is 0.562. The van der Waals surface area contributed by atoms with Gasteiger partial charge >= 0.3 is 12.1 Å². The second-order valence-corrected chi connectivity index (χ2v) is 14.3. The maximum atomic E-state index is 14.0. The van der Waals surface area contributed by atoms with Crippen molar-refractivity contribution in [1.82, 2.24) is 29.9 Å². The van der Waals surface area contributed by atoms with Crippen LogP contribution in [-0.2, 0) is 17.8 Å². The Hall–Kier alpha value is -2.90. The molecular weight excluding hydrogens is 706 g/mol. The monoisotopic (exact) mass is 745 g/mol. The number of piperidine rings is 3. The van der Waals surface area contributed by atoms with Crippen LogP contribution in [0.3, 0.4) is 0 Å². The van der Waals surface area contributed by atoms with Crippen LogP contribution in [0.5, 0.6) is 5.75 Å². The first-order valence-corrected chi connectivity index (χ1v) is 17.6. The predicted octanol–water partition coefficient (Wildman–Crippen LogP) is 4.92. The van der Waals surface area contributed by atoms with Crippen LogP contribution in [0.4, 0.5) is 15.3 Å². The van der Waals surface area contributed by atoms with E-state index in [1.54, 1.807) is 29.4 Å². The smallest absolute Gasteiger partial charge is 0.322 e. The number of anilines is 1. The molecule has 1 aromatic carbocycles. The molecule has 1 aromatic heterocycles. The summed E-state index contributed by atoms with van der Waals surface area (Å²) in [5.41, 5.74) is 2.59. The van der Waals surface area contributed by atoms with Crippen molar-refractivity contribution in [2.24, 2.45) is 0 Å². The van der Waals surface area contributed by atoms with Gasteiger partial charge in [0.1, 0.15) is 11.8 Å². The Labute approximate surface area is 281 Å². The predicted molar refractivity (Wildman–Crippen MR) is 178 cm³/mol. The van der Waals surface area contributed by atoms with E-state index >= 15 is 0 Å². The highest BCUT2D eigenvalue weighted by Crippen LogP contribution is 2.34. The summed E-state index contributed by atoms with van der Waals surface area (Å²) in [5.74, 6) is 0.0170. The minimum absolute atomic E-state index is 0.00716. The third kappa shape index (κ3) is 7.41. The molecule has 0 spiro atoms. The number of amides is 5. The maximum Gasteiger partial charge on any atom is 0.322 e. The van der Waals surface area contributed by atoms with E-state index in [2.05, 4.69) is 52.4 Å². The van der Waals surface area contributed by atoms with E-state index in [-0.39, 0.29) is 29.8 Å². The topological polar surface area (TPSA) is 121 Å². The van der Waals surface area contributed by atoms with Crippen molar-refractivity contribution >= 4 is 55.5 Å². The number of phenols is 1. The van der Waals surface area contributed by atoms with Gasteiger partial charge in [-0.15, -0.1) is 0 Å². The number of carbonyl (C=O) groups is 3. The molecule has 242 valence electrons. The third-order valence-corrected chi connectivity index (χ3v) is 10.9. The maximum absolute atomic E-state index is 14.0. The summed E-state index contributed by atoms with van der Waals surface area (Å²) < 4.78 is 1.04. The van der Waals surface area contributed by atoms with Crippen LogP contribution in [0, 0.1) is 0 Å². The largest absolute Gasteiger partial charge is 0.506 e. The van der Waals surface area contributed by atoms with Crippen LogP contribution in [0.15, 0.2) is 39.5 Å². The average molecular weight is 748 g/mol.